The van der Waals surface area contributed by atoms with E-state index in [1.54, 1.807) is 35.9 Å². The molecular formula is C32H34Cl2N6O6. The van der Waals surface area contributed by atoms with Crippen LogP contribution in [0.5, 0.6) is 11.8 Å². The third kappa shape index (κ3) is 6.05. The highest BCUT2D eigenvalue weighted by atomic mass is 35.5. The summed E-state index contributed by atoms with van der Waals surface area (Å²) in [4.78, 5) is 40.6. The van der Waals surface area contributed by atoms with Crippen molar-refractivity contribution in [3.05, 3.63) is 74.6 Å². The Balaban J connectivity index is 1.38. The molecule has 0 bridgehead atoms. The van der Waals surface area contributed by atoms with Gasteiger partial charge in [0.2, 0.25) is 17.2 Å². The first kappa shape index (κ1) is 31.9. The SMILES string of the molecule is COc1ccc(Cl)c(OC[C@H]2CC(C)(O)CN2c2cc3c(cc2Cl)c(=O)c(C(=O)O)cn3-c2ccc(N3CC(N(C)C)C3)nc2)n1. The number of nitrogens with zero attached hydrogens (tertiary/aromatic N) is 6. The van der Waals surface area contributed by atoms with Gasteiger partial charge in [-0.15, -0.1) is 0 Å². The predicted octanol–water partition coefficient (Wildman–Crippen LogP) is 3.95. The average molecular weight is 670 g/mol. The number of ether oxygens (including phenoxy) is 2. The molecule has 4 aromatic rings. The Labute approximate surface area is 275 Å². The minimum absolute atomic E-state index is 0.117. The molecule has 1 unspecified atom stereocenters. The third-order valence-electron chi connectivity index (χ3n) is 8.58. The molecule has 2 atom stereocenters. The highest BCUT2D eigenvalue weighted by molar-refractivity contribution is 6.34. The van der Waals surface area contributed by atoms with Gasteiger partial charge in [0.25, 0.3) is 0 Å². The van der Waals surface area contributed by atoms with Gasteiger partial charge in [0.1, 0.15) is 23.0 Å². The van der Waals surface area contributed by atoms with Crippen LogP contribution in [0.25, 0.3) is 16.6 Å². The van der Waals surface area contributed by atoms with Crippen LogP contribution < -0.4 is 24.7 Å². The fraction of sp³-hybridized carbons (Fsp3) is 0.375. The minimum atomic E-state index is -1.35. The number of fused-ring (bicyclic) bond motifs is 1. The van der Waals surface area contributed by atoms with Gasteiger partial charge in [-0.1, -0.05) is 23.2 Å². The van der Waals surface area contributed by atoms with Crippen molar-refractivity contribution in [2.45, 2.75) is 31.0 Å². The first-order valence-electron chi connectivity index (χ1n) is 14.7. The number of benzene rings is 1. The monoisotopic (exact) mass is 668 g/mol. The van der Waals surface area contributed by atoms with Crippen molar-refractivity contribution in [1.82, 2.24) is 19.4 Å². The molecule has 0 radical (unpaired) electrons. The zero-order chi connectivity index (χ0) is 32.9. The molecular weight excluding hydrogens is 635 g/mol. The largest absolute Gasteiger partial charge is 0.481 e. The molecule has 12 nitrogen and oxygen atoms in total. The van der Waals surface area contributed by atoms with E-state index in [1.165, 1.54) is 19.4 Å². The van der Waals surface area contributed by atoms with Gasteiger partial charge in [-0.25, -0.2) is 9.78 Å². The van der Waals surface area contributed by atoms with Crippen LogP contribution in [0.2, 0.25) is 10.0 Å². The summed E-state index contributed by atoms with van der Waals surface area (Å²) in [6, 6.07) is 10.3. The molecule has 14 heteroatoms. The van der Waals surface area contributed by atoms with Crippen LogP contribution >= 0.6 is 23.2 Å². The number of pyridine rings is 3. The summed E-state index contributed by atoms with van der Waals surface area (Å²) in [5, 5.41) is 21.7. The number of methoxy groups -OCH3 is 1. The summed E-state index contributed by atoms with van der Waals surface area (Å²) >= 11 is 13.1. The maximum Gasteiger partial charge on any atom is 0.341 e. The Morgan fingerprint density at radius 2 is 1.91 bits per heavy atom. The quantitative estimate of drug-likeness (QED) is 0.269. The molecule has 3 aromatic heterocycles. The van der Waals surface area contributed by atoms with Crippen LogP contribution in [0.3, 0.4) is 0 Å². The van der Waals surface area contributed by atoms with Crippen LogP contribution in [0, 0.1) is 0 Å². The lowest BCUT2D eigenvalue weighted by molar-refractivity contribution is 0.0694. The number of rotatable bonds is 9. The highest BCUT2D eigenvalue weighted by Gasteiger charge is 2.41. The normalized spacial score (nSPS) is 20.0. The van der Waals surface area contributed by atoms with E-state index in [0.717, 1.165) is 18.9 Å². The van der Waals surface area contributed by atoms with Crippen LogP contribution in [0.4, 0.5) is 11.5 Å². The number of hydrogen-bond acceptors (Lipinski definition) is 10. The molecule has 2 aliphatic rings. The van der Waals surface area contributed by atoms with Crippen molar-refractivity contribution in [3.8, 4) is 17.4 Å². The summed E-state index contributed by atoms with van der Waals surface area (Å²) in [6.45, 7) is 3.79. The number of β-amino-alcohol motifs (C(OH)–C–C–N with tert-alkyl or cyclic N) is 1. The summed E-state index contributed by atoms with van der Waals surface area (Å²) in [6.07, 6.45) is 3.32. The van der Waals surface area contributed by atoms with E-state index in [2.05, 4.69) is 19.8 Å². The van der Waals surface area contributed by atoms with E-state index < -0.39 is 22.6 Å². The molecule has 46 heavy (non-hydrogen) atoms. The number of carboxylic acids is 1. The van der Waals surface area contributed by atoms with Crippen LogP contribution in [0.1, 0.15) is 23.7 Å². The first-order valence-corrected chi connectivity index (χ1v) is 15.4. The van der Waals surface area contributed by atoms with Crippen LogP contribution in [0.15, 0.2) is 53.6 Å². The lowest BCUT2D eigenvalue weighted by Gasteiger charge is -2.43. The molecule has 5 heterocycles. The van der Waals surface area contributed by atoms with Crippen molar-refractivity contribution >= 4 is 51.6 Å². The van der Waals surface area contributed by atoms with Crippen molar-refractivity contribution in [2.24, 2.45) is 0 Å². The number of anilines is 2. The summed E-state index contributed by atoms with van der Waals surface area (Å²) < 4.78 is 12.8. The lowest BCUT2D eigenvalue weighted by Crippen LogP contribution is -2.57. The second kappa shape index (κ2) is 12.3. The van der Waals surface area contributed by atoms with E-state index in [9.17, 15) is 19.8 Å². The Bertz CT molecular complexity index is 1860. The zero-order valence-corrected chi connectivity index (χ0v) is 27.3. The van der Waals surface area contributed by atoms with Gasteiger partial charge >= 0.3 is 5.97 Å². The smallest absolute Gasteiger partial charge is 0.341 e. The van der Waals surface area contributed by atoms with Gasteiger partial charge in [-0.2, -0.15) is 4.98 Å². The summed E-state index contributed by atoms with van der Waals surface area (Å²) in [5.41, 5.74) is -0.575. The molecule has 242 valence electrons. The molecule has 6 rings (SSSR count). The van der Waals surface area contributed by atoms with Gasteiger partial charge in [0, 0.05) is 49.7 Å². The highest BCUT2D eigenvalue weighted by Crippen LogP contribution is 2.39. The zero-order valence-electron chi connectivity index (χ0n) is 25.8. The third-order valence-corrected chi connectivity index (χ3v) is 9.17. The number of aromatic nitrogens is 3. The standard InChI is InChI=1S/C32H34Cl2N6O6/c1-32(44)11-19(16-46-30-23(33)6-8-28(36-30)45-4)40(17-32)26-10-25-21(9-24(26)34)29(41)22(31(42)43)15-39(25)18-5-7-27(35-12-18)38-13-20(14-38)37(2)3/h5-10,12,15,19-20,44H,11,13-14,16-17H2,1-4H3,(H,42,43)/t19-,32?/m1/s1. The number of likely N-dealkylation sites (N-methyl/N-ethyl adjacent to an activating group) is 1. The molecule has 0 aliphatic carbocycles. The number of carboxylic acid groups (broad SMARTS) is 1. The van der Waals surface area contributed by atoms with Gasteiger partial charge < -0.3 is 39.0 Å². The van der Waals surface area contributed by atoms with Gasteiger partial charge in [0.15, 0.2) is 0 Å². The van der Waals surface area contributed by atoms with Gasteiger partial charge in [-0.05, 0) is 51.4 Å². The second-order valence-electron chi connectivity index (χ2n) is 12.2. The van der Waals surface area contributed by atoms with Gasteiger partial charge in [0.05, 0.1) is 46.9 Å². The Morgan fingerprint density at radius 3 is 2.57 bits per heavy atom. The van der Waals surface area contributed by atoms with E-state index in [4.69, 9.17) is 32.7 Å². The number of carbonyl (C=O) groups is 1. The van der Waals surface area contributed by atoms with Crippen molar-refractivity contribution in [1.29, 1.82) is 0 Å². The van der Waals surface area contributed by atoms with Crippen molar-refractivity contribution in [2.75, 3.05) is 57.2 Å². The first-order chi connectivity index (χ1) is 21.8. The predicted molar refractivity (Wildman–Crippen MR) is 177 cm³/mol. The Hall–Kier alpha value is -4.10. The maximum absolute atomic E-state index is 13.3. The Kier molecular flexibility index (Phi) is 8.49. The average Bonchev–Trinajstić information content (AvgIpc) is 3.30. The van der Waals surface area contributed by atoms with E-state index >= 15 is 0 Å². The second-order valence-corrected chi connectivity index (χ2v) is 13.0. The number of aromatic carboxylic acids is 1. The molecule has 1 aromatic carbocycles. The molecule has 0 saturated carbocycles. The summed E-state index contributed by atoms with van der Waals surface area (Å²) in [5.74, 6) is -0.00446. The van der Waals surface area contributed by atoms with Crippen LogP contribution in [-0.4, -0.2) is 101 Å². The molecule has 0 spiro atoms. The van der Waals surface area contributed by atoms with Crippen molar-refractivity contribution < 1.29 is 24.5 Å². The fourth-order valence-electron chi connectivity index (χ4n) is 6.00. The topological polar surface area (TPSA) is 133 Å². The molecule has 2 N–H and O–H groups in total. The number of halogens is 2. The van der Waals surface area contributed by atoms with Crippen LogP contribution in [-0.2, 0) is 0 Å². The molecule has 0 amide bonds. The van der Waals surface area contributed by atoms with E-state index in [-0.39, 0.29) is 35.5 Å². The number of hydrogen-bond donors (Lipinski definition) is 2. The molecule has 2 fully saturated rings. The molecule has 2 aliphatic heterocycles. The molecule has 2 saturated heterocycles. The maximum atomic E-state index is 13.3. The minimum Gasteiger partial charge on any atom is -0.481 e. The van der Waals surface area contributed by atoms with Gasteiger partial charge in [-0.3, -0.25) is 4.79 Å². The Morgan fingerprint density at radius 1 is 1.15 bits per heavy atom. The number of aliphatic hydroxyl groups is 1. The van der Waals surface area contributed by atoms with E-state index in [1.807, 2.05) is 31.1 Å². The van der Waals surface area contributed by atoms with E-state index in [0.29, 0.717) is 40.3 Å². The lowest BCUT2D eigenvalue weighted by atomic mass is 10.0. The fourth-order valence-corrected chi connectivity index (χ4v) is 6.43. The van der Waals surface area contributed by atoms with Crippen molar-refractivity contribution in [3.63, 3.8) is 0 Å². The summed E-state index contributed by atoms with van der Waals surface area (Å²) in [7, 11) is 5.59.